The maximum absolute atomic E-state index is 12.5. The second-order valence-electron chi connectivity index (χ2n) is 6.25. The molecule has 0 atom stereocenters. The van der Waals surface area contributed by atoms with Crippen LogP contribution in [0.25, 0.3) is 10.9 Å². The minimum absolute atomic E-state index is 0.155. The highest BCUT2D eigenvalue weighted by Gasteiger charge is 2.26. The van der Waals surface area contributed by atoms with Gasteiger partial charge in [0.1, 0.15) is 11.6 Å². The maximum Gasteiger partial charge on any atom is 0.303 e. The summed E-state index contributed by atoms with van der Waals surface area (Å²) in [5, 5.41) is 19.3. The van der Waals surface area contributed by atoms with Crippen molar-refractivity contribution in [1.29, 1.82) is 5.26 Å². The Hall–Kier alpha value is -2.81. The van der Waals surface area contributed by atoms with Crippen molar-refractivity contribution in [2.45, 2.75) is 19.3 Å². The van der Waals surface area contributed by atoms with Gasteiger partial charge in [0.2, 0.25) is 0 Å². The van der Waals surface area contributed by atoms with Gasteiger partial charge in [0.05, 0.1) is 11.2 Å². The number of aromatic nitrogens is 1. The number of para-hydroxylation sites is 1. The molecule has 1 aromatic heterocycles. The molecular formula is C18H19N3O3. The topological polar surface area (TPSA) is 86.3 Å². The van der Waals surface area contributed by atoms with Crippen LogP contribution in [0.3, 0.4) is 0 Å². The average molecular weight is 325 g/mol. The van der Waals surface area contributed by atoms with Crippen LogP contribution in [-0.4, -0.2) is 28.7 Å². The lowest BCUT2D eigenvalue weighted by Gasteiger charge is -2.34. The van der Waals surface area contributed by atoms with E-state index < -0.39 is 5.97 Å². The third-order valence-corrected chi connectivity index (χ3v) is 4.78. The summed E-state index contributed by atoms with van der Waals surface area (Å²) in [6, 6.07) is 9.64. The quantitative estimate of drug-likeness (QED) is 0.934. The third kappa shape index (κ3) is 2.73. The van der Waals surface area contributed by atoms with E-state index in [1.807, 2.05) is 24.3 Å². The zero-order valence-electron chi connectivity index (χ0n) is 13.5. The number of hydrogen-bond acceptors (Lipinski definition) is 4. The molecule has 1 saturated heterocycles. The van der Waals surface area contributed by atoms with E-state index in [0.717, 1.165) is 23.7 Å². The van der Waals surface area contributed by atoms with Gasteiger partial charge in [0.15, 0.2) is 0 Å². The largest absolute Gasteiger partial charge is 0.481 e. The van der Waals surface area contributed by atoms with E-state index in [-0.39, 0.29) is 23.5 Å². The van der Waals surface area contributed by atoms with Crippen molar-refractivity contribution in [3.8, 4) is 6.07 Å². The Labute approximate surface area is 139 Å². The maximum atomic E-state index is 12.5. The summed E-state index contributed by atoms with van der Waals surface area (Å²) in [4.78, 5) is 25.5. The molecule has 0 unspecified atom stereocenters. The number of rotatable bonds is 3. The van der Waals surface area contributed by atoms with Crippen molar-refractivity contribution in [3.63, 3.8) is 0 Å². The van der Waals surface area contributed by atoms with E-state index in [0.29, 0.717) is 18.8 Å². The monoisotopic (exact) mass is 325 g/mol. The molecule has 2 heterocycles. The molecule has 6 nitrogen and oxygen atoms in total. The van der Waals surface area contributed by atoms with Gasteiger partial charge >= 0.3 is 5.97 Å². The molecule has 3 rings (SSSR count). The summed E-state index contributed by atoms with van der Waals surface area (Å²) in [5.41, 5.74) is 1.35. The summed E-state index contributed by atoms with van der Waals surface area (Å²) in [7, 11) is 1.67. The third-order valence-electron chi connectivity index (χ3n) is 4.78. The van der Waals surface area contributed by atoms with Gasteiger partial charge in [-0.25, -0.2) is 0 Å². The zero-order chi connectivity index (χ0) is 17.3. The number of nitrogens with zero attached hydrogens (tertiary/aromatic N) is 3. The van der Waals surface area contributed by atoms with Crippen molar-refractivity contribution in [2.75, 3.05) is 18.0 Å². The van der Waals surface area contributed by atoms with E-state index >= 15 is 0 Å². The van der Waals surface area contributed by atoms with Gasteiger partial charge < -0.3 is 14.6 Å². The van der Waals surface area contributed by atoms with E-state index in [1.165, 1.54) is 4.57 Å². The lowest BCUT2D eigenvalue weighted by atomic mass is 9.92. The fraction of sp³-hybridized carbons (Fsp3) is 0.389. The Balaban J connectivity index is 2.04. The molecule has 0 aliphatic carbocycles. The van der Waals surface area contributed by atoms with E-state index in [2.05, 4.69) is 11.0 Å². The molecule has 2 aromatic rings. The molecule has 1 fully saturated rings. The number of fused-ring (bicyclic) bond motifs is 1. The minimum atomic E-state index is -0.773. The van der Waals surface area contributed by atoms with Crippen molar-refractivity contribution in [2.24, 2.45) is 13.0 Å². The number of carbonyl (C=O) groups is 1. The smallest absolute Gasteiger partial charge is 0.303 e. The predicted molar refractivity (Wildman–Crippen MR) is 91.1 cm³/mol. The summed E-state index contributed by atoms with van der Waals surface area (Å²) in [5.74, 6) is -0.618. The highest BCUT2D eigenvalue weighted by molar-refractivity contribution is 5.94. The predicted octanol–water partition coefficient (Wildman–Crippen LogP) is 2.10. The van der Waals surface area contributed by atoms with Crippen LogP contribution in [-0.2, 0) is 11.8 Å². The van der Waals surface area contributed by atoms with Gasteiger partial charge in [-0.05, 0) is 24.8 Å². The molecule has 0 saturated carbocycles. The van der Waals surface area contributed by atoms with Crippen molar-refractivity contribution < 1.29 is 9.90 Å². The lowest BCUT2D eigenvalue weighted by molar-refractivity contribution is -0.138. The fourth-order valence-electron chi connectivity index (χ4n) is 3.52. The van der Waals surface area contributed by atoms with Gasteiger partial charge in [-0.1, -0.05) is 18.2 Å². The highest BCUT2D eigenvalue weighted by Crippen LogP contribution is 2.32. The molecule has 1 N–H and O–H groups in total. The molecular weight excluding hydrogens is 306 g/mol. The first-order chi connectivity index (χ1) is 11.5. The molecule has 124 valence electrons. The number of aliphatic carboxylic acids is 1. The Morgan fingerprint density at radius 3 is 2.62 bits per heavy atom. The van der Waals surface area contributed by atoms with Crippen LogP contribution < -0.4 is 10.5 Å². The number of hydrogen-bond donors (Lipinski definition) is 1. The molecule has 1 aliphatic rings. The van der Waals surface area contributed by atoms with E-state index in [9.17, 15) is 14.9 Å². The Kier molecular flexibility index (Phi) is 4.26. The van der Waals surface area contributed by atoms with Crippen molar-refractivity contribution in [3.05, 3.63) is 40.2 Å². The molecule has 0 bridgehead atoms. The molecule has 0 radical (unpaired) electrons. The number of nitriles is 1. The van der Waals surface area contributed by atoms with Gasteiger partial charge in [0, 0.05) is 31.9 Å². The van der Waals surface area contributed by atoms with Crippen LogP contribution >= 0.6 is 0 Å². The lowest BCUT2D eigenvalue weighted by Crippen LogP contribution is -2.36. The van der Waals surface area contributed by atoms with Crippen LogP contribution in [0, 0.1) is 17.2 Å². The number of carboxylic acids is 1. The summed E-state index contributed by atoms with van der Waals surface area (Å²) in [6.45, 7) is 1.31. The molecule has 1 aromatic carbocycles. The van der Waals surface area contributed by atoms with Crippen LogP contribution in [0.15, 0.2) is 29.1 Å². The molecule has 0 amide bonds. The zero-order valence-corrected chi connectivity index (χ0v) is 13.5. The first-order valence-corrected chi connectivity index (χ1v) is 8.01. The number of piperidine rings is 1. The van der Waals surface area contributed by atoms with E-state index in [4.69, 9.17) is 5.11 Å². The summed E-state index contributed by atoms with van der Waals surface area (Å²) in [6.07, 6.45) is 1.68. The molecule has 0 spiro atoms. The number of aryl methyl sites for hydroxylation is 1. The Bertz CT molecular complexity index is 887. The second kappa shape index (κ2) is 6.36. The highest BCUT2D eigenvalue weighted by atomic mass is 16.4. The molecule has 6 heteroatoms. The van der Waals surface area contributed by atoms with Gasteiger partial charge in [0.25, 0.3) is 5.56 Å². The number of anilines is 1. The standard InChI is InChI=1S/C18H19N3O3/c1-20-15-5-3-2-4-13(15)17(14(11-19)18(20)24)21-8-6-12(7-9-21)10-16(22)23/h2-5,12H,6-10H2,1H3,(H,22,23). The van der Waals surface area contributed by atoms with Gasteiger partial charge in [-0.2, -0.15) is 5.26 Å². The Morgan fingerprint density at radius 2 is 2.00 bits per heavy atom. The number of pyridine rings is 1. The van der Waals surface area contributed by atoms with Gasteiger partial charge in [-0.15, -0.1) is 0 Å². The average Bonchev–Trinajstić information content (AvgIpc) is 2.58. The van der Waals surface area contributed by atoms with Crippen LogP contribution in [0.2, 0.25) is 0 Å². The summed E-state index contributed by atoms with van der Waals surface area (Å²) >= 11 is 0. The van der Waals surface area contributed by atoms with Crippen LogP contribution in [0.5, 0.6) is 0 Å². The van der Waals surface area contributed by atoms with Crippen LogP contribution in [0.4, 0.5) is 5.69 Å². The summed E-state index contributed by atoms with van der Waals surface area (Å²) < 4.78 is 1.51. The van der Waals surface area contributed by atoms with Crippen molar-refractivity contribution >= 4 is 22.6 Å². The molecule has 1 aliphatic heterocycles. The number of benzene rings is 1. The van der Waals surface area contributed by atoms with E-state index in [1.54, 1.807) is 7.05 Å². The SMILES string of the molecule is Cn1c(=O)c(C#N)c(N2CCC(CC(=O)O)CC2)c2ccccc21. The first-order valence-electron chi connectivity index (χ1n) is 8.01. The number of carboxylic acid groups (broad SMARTS) is 1. The normalized spacial score (nSPS) is 15.4. The molecule has 24 heavy (non-hydrogen) atoms. The Morgan fingerprint density at radius 1 is 1.33 bits per heavy atom. The van der Waals surface area contributed by atoms with Gasteiger partial charge in [-0.3, -0.25) is 9.59 Å². The fourth-order valence-corrected chi connectivity index (χ4v) is 3.52. The minimum Gasteiger partial charge on any atom is -0.481 e. The first kappa shape index (κ1) is 16.1. The second-order valence-corrected chi connectivity index (χ2v) is 6.25. The van der Waals surface area contributed by atoms with Crippen molar-refractivity contribution in [1.82, 2.24) is 4.57 Å². The van der Waals surface area contributed by atoms with Crippen LogP contribution in [0.1, 0.15) is 24.8 Å².